The zero-order chi connectivity index (χ0) is 13.2. The minimum absolute atomic E-state index is 0.321. The Morgan fingerprint density at radius 2 is 1.95 bits per heavy atom. The Labute approximate surface area is 110 Å². The average molecular weight is 252 g/mol. The van der Waals surface area contributed by atoms with Gasteiger partial charge in [0.25, 0.3) is 0 Å². The number of nitrogens with two attached hydrogens (primary N) is 1. The number of pyridine rings is 1. The van der Waals surface area contributed by atoms with Crippen LogP contribution >= 0.6 is 0 Å². The third-order valence-electron chi connectivity index (χ3n) is 2.67. The molecule has 0 radical (unpaired) electrons. The van der Waals surface area contributed by atoms with Crippen LogP contribution in [0, 0.1) is 6.92 Å². The number of rotatable bonds is 2. The van der Waals surface area contributed by atoms with Crippen LogP contribution in [0.15, 0.2) is 42.7 Å². The molecule has 2 heterocycles. The fourth-order valence-electron chi connectivity index (χ4n) is 1.82. The number of hydrogen-bond donors (Lipinski definition) is 1. The van der Waals surface area contributed by atoms with E-state index in [0.717, 1.165) is 16.6 Å². The lowest BCUT2D eigenvalue weighted by Crippen LogP contribution is -1.95. The maximum Gasteiger partial charge on any atom is 0.239 e. The van der Waals surface area contributed by atoms with Crippen molar-refractivity contribution in [3.8, 4) is 11.6 Å². The Morgan fingerprint density at radius 3 is 2.79 bits per heavy atom. The molecule has 3 aromatic rings. The number of aromatic nitrogens is 3. The Balaban J connectivity index is 2.07. The summed E-state index contributed by atoms with van der Waals surface area (Å²) in [7, 11) is 0. The molecule has 0 saturated carbocycles. The number of hydrogen-bond acceptors (Lipinski definition) is 5. The second-order valence-electron chi connectivity index (χ2n) is 4.16. The van der Waals surface area contributed by atoms with Crippen LogP contribution < -0.4 is 10.5 Å². The van der Waals surface area contributed by atoms with E-state index in [2.05, 4.69) is 15.0 Å². The molecule has 0 aliphatic rings. The van der Waals surface area contributed by atoms with Gasteiger partial charge in [-0.15, -0.1) is 0 Å². The van der Waals surface area contributed by atoms with Crippen LogP contribution in [-0.2, 0) is 0 Å². The van der Waals surface area contributed by atoms with Crippen LogP contribution in [0.5, 0.6) is 11.6 Å². The molecule has 3 rings (SSSR count). The van der Waals surface area contributed by atoms with Gasteiger partial charge in [-0.3, -0.25) is 4.98 Å². The molecule has 5 heteroatoms. The number of nitrogens with zero attached hydrogens (tertiary/aromatic N) is 3. The molecular weight excluding hydrogens is 240 g/mol. The van der Waals surface area contributed by atoms with Gasteiger partial charge in [-0.05, 0) is 19.1 Å². The molecule has 0 spiro atoms. The van der Waals surface area contributed by atoms with Gasteiger partial charge in [-0.1, -0.05) is 18.2 Å². The molecule has 0 fully saturated rings. The Bertz CT molecular complexity index is 742. The van der Waals surface area contributed by atoms with Gasteiger partial charge in [0.1, 0.15) is 11.3 Å². The summed E-state index contributed by atoms with van der Waals surface area (Å²) in [5, 5.41) is 1.01. The van der Waals surface area contributed by atoms with E-state index in [1.807, 2.05) is 37.3 Å². The first-order valence-corrected chi connectivity index (χ1v) is 5.84. The third kappa shape index (κ3) is 2.30. The van der Waals surface area contributed by atoms with E-state index in [-0.39, 0.29) is 0 Å². The fraction of sp³-hybridized carbons (Fsp3) is 0.0714. The SMILES string of the molecule is Cc1ccc2cccc(Oc3cncc(N)n3)c2n1. The predicted molar refractivity (Wildman–Crippen MR) is 73.0 cm³/mol. The van der Waals surface area contributed by atoms with Crippen molar-refractivity contribution < 1.29 is 4.74 Å². The second-order valence-corrected chi connectivity index (χ2v) is 4.16. The summed E-state index contributed by atoms with van der Waals surface area (Å²) in [6, 6.07) is 9.72. The van der Waals surface area contributed by atoms with E-state index in [1.54, 1.807) is 0 Å². The highest BCUT2D eigenvalue weighted by atomic mass is 16.5. The summed E-state index contributed by atoms with van der Waals surface area (Å²) in [5.74, 6) is 1.32. The number of para-hydroxylation sites is 1. The van der Waals surface area contributed by atoms with E-state index < -0.39 is 0 Å². The lowest BCUT2D eigenvalue weighted by molar-refractivity contribution is 0.465. The lowest BCUT2D eigenvalue weighted by Gasteiger charge is -2.07. The molecule has 0 aliphatic heterocycles. The van der Waals surface area contributed by atoms with Crippen LogP contribution in [-0.4, -0.2) is 15.0 Å². The van der Waals surface area contributed by atoms with Gasteiger partial charge in [0.2, 0.25) is 5.88 Å². The first-order valence-electron chi connectivity index (χ1n) is 5.84. The molecule has 0 saturated heterocycles. The lowest BCUT2D eigenvalue weighted by atomic mass is 10.2. The van der Waals surface area contributed by atoms with Crippen molar-refractivity contribution in [2.24, 2.45) is 0 Å². The summed E-state index contributed by atoms with van der Waals surface area (Å²) in [6.45, 7) is 1.94. The van der Waals surface area contributed by atoms with Crippen molar-refractivity contribution in [2.75, 3.05) is 5.73 Å². The van der Waals surface area contributed by atoms with Crippen LogP contribution in [0.2, 0.25) is 0 Å². The molecule has 19 heavy (non-hydrogen) atoms. The van der Waals surface area contributed by atoms with Crippen LogP contribution in [0.3, 0.4) is 0 Å². The largest absolute Gasteiger partial charge is 0.435 e. The first kappa shape index (κ1) is 11.4. The monoisotopic (exact) mass is 252 g/mol. The van der Waals surface area contributed by atoms with Gasteiger partial charge < -0.3 is 10.5 Å². The number of benzene rings is 1. The Hall–Kier alpha value is -2.69. The molecule has 0 aliphatic carbocycles. The van der Waals surface area contributed by atoms with E-state index in [4.69, 9.17) is 10.5 Å². The minimum Gasteiger partial charge on any atom is -0.435 e. The first-order chi connectivity index (χ1) is 9.22. The maximum absolute atomic E-state index is 5.71. The summed E-state index contributed by atoms with van der Waals surface area (Å²) < 4.78 is 5.71. The zero-order valence-corrected chi connectivity index (χ0v) is 10.4. The van der Waals surface area contributed by atoms with Crippen molar-refractivity contribution in [1.29, 1.82) is 0 Å². The fourth-order valence-corrected chi connectivity index (χ4v) is 1.82. The van der Waals surface area contributed by atoms with Gasteiger partial charge in [0, 0.05) is 11.1 Å². The average Bonchev–Trinajstić information content (AvgIpc) is 2.39. The van der Waals surface area contributed by atoms with Crippen molar-refractivity contribution >= 4 is 16.7 Å². The molecule has 0 atom stereocenters. The van der Waals surface area contributed by atoms with E-state index in [1.165, 1.54) is 12.4 Å². The predicted octanol–water partition coefficient (Wildman–Crippen LogP) is 2.71. The molecule has 5 nitrogen and oxygen atoms in total. The topological polar surface area (TPSA) is 73.9 Å². The number of anilines is 1. The van der Waals surface area contributed by atoms with E-state index in [9.17, 15) is 0 Å². The molecule has 2 N–H and O–H groups in total. The van der Waals surface area contributed by atoms with Crippen molar-refractivity contribution in [2.45, 2.75) is 6.92 Å². The van der Waals surface area contributed by atoms with Gasteiger partial charge in [0.15, 0.2) is 5.75 Å². The molecule has 94 valence electrons. The van der Waals surface area contributed by atoms with Crippen LogP contribution in [0.4, 0.5) is 5.82 Å². The quantitative estimate of drug-likeness (QED) is 0.759. The van der Waals surface area contributed by atoms with Crippen LogP contribution in [0.25, 0.3) is 10.9 Å². The highest BCUT2D eigenvalue weighted by molar-refractivity contribution is 5.84. The normalized spacial score (nSPS) is 10.6. The van der Waals surface area contributed by atoms with E-state index >= 15 is 0 Å². The Morgan fingerprint density at radius 1 is 1.05 bits per heavy atom. The second kappa shape index (κ2) is 4.53. The van der Waals surface area contributed by atoms with Crippen molar-refractivity contribution in [3.05, 3.63) is 48.4 Å². The molecule has 1 aromatic carbocycles. The molecule has 0 amide bonds. The zero-order valence-electron chi connectivity index (χ0n) is 10.4. The summed E-state index contributed by atoms with van der Waals surface area (Å²) in [6.07, 6.45) is 2.99. The minimum atomic E-state index is 0.321. The molecule has 0 bridgehead atoms. The number of fused-ring (bicyclic) bond motifs is 1. The van der Waals surface area contributed by atoms with Gasteiger partial charge in [0.05, 0.1) is 12.4 Å². The maximum atomic E-state index is 5.71. The van der Waals surface area contributed by atoms with Crippen molar-refractivity contribution in [1.82, 2.24) is 15.0 Å². The summed E-state index contributed by atoms with van der Waals surface area (Å²) in [4.78, 5) is 12.5. The molecule has 2 aromatic heterocycles. The third-order valence-corrected chi connectivity index (χ3v) is 2.67. The number of nitrogen functional groups attached to an aromatic ring is 1. The highest BCUT2D eigenvalue weighted by Gasteiger charge is 2.06. The van der Waals surface area contributed by atoms with Gasteiger partial charge in [-0.2, -0.15) is 4.98 Å². The smallest absolute Gasteiger partial charge is 0.239 e. The van der Waals surface area contributed by atoms with Gasteiger partial charge >= 0.3 is 0 Å². The summed E-state index contributed by atoms with van der Waals surface area (Å²) in [5.41, 5.74) is 7.31. The van der Waals surface area contributed by atoms with Crippen LogP contribution in [0.1, 0.15) is 5.69 Å². The van der Waals surface area contributed by atoms with Gasteiger partial charge in [-0.25, -0.2) is 4.98 Å². The number of ether oxygens (including phenoxy) is 1. The highest BCUT2D eigenvalue weighted by Crippen LogP contribution is 2.27. The Kier molecular flexibility index (Phi) is 2.72. The van der Waals surface area contributed by atoms with Crippen molar-refractivity contribution in [3.63, 3.8) is 0 Å². The standard InChI is InChI=1S/C14H12N4O/c1-9-5-6-10-3-2-4-11(14(10)17-9)19-13-8-16-7-12(15)18-13/h2-8H,1H3,(H2,15,18). The van der Waals surface area contributed by atoms with E-state index in [0.29, 0.717) is 17.4 Å². The molecule has 0 unspecified atom stereocenters. The molecular formula is C14H12N4O. The number of aryl methyl sites for hydroxylation is 1. The summed E-state index contributed by atoms with van der Waals surface area (Å²) >= 11 is 0.